The largest absolute Gasteiger partial charge is 0.484 e. The Morgan fingerprint density at radius 1 is 1.39 bits per heavy atom. The Morgan fingerprint density at radius 2 is 2.29 bits per heavy atom. The molecule has 0 aromatic carbocycles. The van der Waals surface area contributed by atoms with E-state index in [2.05, 4.69) is 35.2 Å². The Hall–Kier alpha value is -3.56. The summed E-state index contributed by atoms with van der Waals surface area (Å²) in [6.07, 6.45) is 6.86. The maximum atomic E-state index is 13.0. The van der Waals surface area contributed by atoms with Crippen molar-refractivity contribution in [2.75, 3.05) is 35.3 Å². The highest BCUT2D eigenvalue weighted by atomic mass is 16.5. The molecular weight excluding hydrogens is 360 g/mol. The van der Waals surface area contributed by atoms with Crippen molar-refractivity contribution in [3.05, 3.63) is 30.7 Å². The van der Waals surface area contributed by atoms with E-state index in [0.717, 1.165) is 25.2 Å². The molecule has 1 saturated heterocycles. The molecule has 144 valence electrons. The van der Waals surface area contributed by atoms with E-state index in [1.807, 2.05) is 12.1 Å². The number of anilines is 3. The zero-order valence-electron chi connectivity index (χ0n) is 15.6. The number of amides is 2. The van der Waals surface area contributed by atoms with Gasteiger partial charge in [0.25, 0.3) is 0 Å². The van der Waals surface area contributed by atoms with Crippen molar-refractivity contribution < 1.29 is 9.53 Å². The number of hydrogen-bond donors (Lipinski definition) is 1. The summed E-state index contributed by atoms with van der Waals surface area (Å²) in [6.45, 7) is 3.40. The third kappa shape index (κ3) is 3.48. The number of nitrogens with zero attached hydrogens (tertiary/aromatic N) is 7. The summed E-state index contributed by atoms with van der Waals surface area (Å²) in [7, 11) is 1.54. The average Bonchev–Trinajstić information content (AvgIpc) is 3.13. The number of hydrogen-bond acceptors (Lipinski definition) is 7. The van der Waals surface area contributed by atoms with Crippen LogP contribution in [0.2, 0.25) is 0 Å². The molecule has 0 saturated carbocycles. The number of nitrogens with one attached hydrogen (secondary N) is 1. The maximum absolute atomic E-state index is 13.0. The second kappa shape index (κ2) is 7.59. The van der Waals surface area contributed by atoms with Crippen LogP contribution in [0.3, 0.4) is 0 Å². The molecule has 28 heavy (non-hydrogen) atoms. The number of rotatable bonds is 3. The lowest BCUT2D eigenvalue weighted by molar-refractivity contribution is 0.254. The highest BCUT2D eigenvalue weighted by Crippen LogP contribution is 2.40. The van der Waals surface area contributed by atoms with Gasteiger partial charge in [-0.1, -0.05) is 0 Å². The van der Waals surface area contributed by atoms with Crippen LogP contribution in [0.1, 0.15) is 13.3 Å². The van der Waals surface area contributed by atoms with Gasteiger partial charge in [0.05, 0.1) is 25.0 Å². The Labute approximate surface area is 162 Å². The molecule has 4 rings (SSSR count). The van der Waals surface area contributed by atoms with Gasteiger partial charge in [0, 0.05) is 32.4 Å². The lowest BCUT2D eigenvalue weighted by Crippen LogP contribution is -2.48. The van der Waals surface area contributed by atoms with E-state index in [4.69, 9.17) is 4.74 Å². The van der Waals surface area contributed by atoms with Gasteiger partial charge in [-0.3, -0.25) is 15.2 Å². The van der Waals surface area contributed by atoms with E-state index in [1.54, 1.807) is 25.1 Å². The van der Waals surface area contributed by atoms with E-state index in [-0.39, 0.29) is 12.1 Å². The van der Waals surface area contributed by atoms with E-state index in [9.17, 15) is 4.79 Å². The smallest absolute Gasteiger partial charge is 0.329 e. The highest BCUT2D eigenvalue weighted by Gasteiger charge is 2.40. The fraction of sp³-hybridized carbons (Fsp3) is 0.333. The zero-order chi connectivity index (χ0) is 19.5. The van der Waals surface area contributed by atoms with Gasteiger partial charge in [0.15, 0.2) is 23.4 Å². The van der Waals surface area contributed by atoms with Crippen molar-refractivity contribution in [1.82, 2.24) is 15.0 Å². The molecule has 1 fully saturated rings. The van der Waals surface area contributed by atoms with Gasteiger partial charge in [-0.2, -0.15) is 0 Å². The number of carbonyl (C=O) groups is 1. The predicted molar refractivity (Wildman–Crippen MR) is 107 cm³/mol. The average molecular weight is 380 g/mol. The zero-order valence-corrected chi connectivity index (χ0v) is 15.6. The van der Waals surface area contributed by atoms with Gasteiger partial charge in [0.1, 0.15) is 6.34 Å². The maximum Gasteiger partial charge on any atom is 0.329 e. The number of urea groups is 1. The van der Waals surface area contributed by atoms with Gasteiger partial charge in [0.2, 0.25) is 0 Å². The minimum Gasteiger partial charge on any atom is -0.484 e. The molecule has 0 spiro atoms. The molecular formula is C18H20N8O2. The van der Waals surface area contributed by atoms with E-state index < -0.39 is 0 Å². The Kier molecular flexibility index (Phi) is 4.83. The van der Waals surface area contributed by atoms with Crippen molar-refractivity contribution in [3.8, 4) is 0 Å². The van der Waals surface area contributed by atoms with Crippen LogP contribution in [0.4, 0.5) is 27.9 Å². The second-order valence-electron chi connectivity index (χ2n) is 6.39. The second-order valence-corrected chi connectivity index (χ2v) is 6.39. The minimum absolute atomic E-state index is 0.0460. The number of aliphatic imine (C=N–C) groups is 2. The topological polar surface area (TPSA) is 108 Å². The summed E-state index contributed by atoms with van der Waals surface area (Å²) in [4.78, 5) is 37.9. The number of ether oxygens (including phenoxy) is 1. The first kappa shape index (κ1) is 17.8. The van der Waals surface area contributed by atoms with Crippen molar-refractivity contribution in [2.24, 2.45) is 9.98 Å². The Balaban J connectivity index is 1.64. The summed E-state index contributed by atoms with van der Waals surface area (Å²) >= 11 is 0. The number of pyridine rings is 1. The van der Waals surface area contributed by atoms with Crippen molar-refractivity contribution in [1.29, 1.82) is 0 Å². The van der Waals surface area contributed by atoms with E-state index in [0.29, 0.717) is 23.4 Å². The lowest BCUT2D eigenvalue weighted by Gasteiger charge is -2.35. The quantitative estimate of drug-likeness (QED) is 0.646. The molecule has 1 N–H and O–H groups in total. The molecule has 2 amide bonds. The molecule has 0 radical (unpaired) electrons. The molecule has 10 nitrogen and oxygen atoms in total. The van der Waals surface area contributed by atoms with Gasteiger partial charge in [-0.05, 0) is 18.6 Å². The Bertz CT molecular complexity index is 930. The molecule has 2 aliphatic rings. The molecule has 2 aliphatic heterocycles. The van der Waals surface area contributed by atoms with Crippen molar-refractivity contribution >= 4 is 41.4 Å². The first-order valence-corrected chi connectivity index (χ1v) is 8.89. The number of fused-ring (bicyclic) bond motifs is 4. The Morgan fingerprint density at radius 3 is 3.07 bits per heavy atom. The van der Waals surface area contributed by atoms with Crippen LogP contribution >= 0.6 is 0 Å². The summed E-state index contributed by atoms with van der Waals surface area (Å²) in [6, 6.07) is 3.51. The van der Waals surface area contributed by atoms with Gasteiger partial charge in [-0.15, -0.1) is 0 Å². The van der Waals surface area contributed by atoms with Crippen LogP contribution < -0.4 is 15.1 Å². The highest BCUT2D eigenvalue weighted by molar-refractivity contribution is 6.04. The number of aromatic nitrogens is 3. The van der Waals surface area contributed by atoms with Gasteiger partial charge >= 0.3 is 6.03 Å². The number of carbonyl (C=O) groups excluding carboxylic acids is 1. The summed E-state index contributed by atoms with van der Waals surface area (Å²) in [5, 5.41) is 2.80. The van der Waals surface area contributed by atoms with Gasteiger partial charge < -0.3 is 9.64 Å². The van der Waals surface area contributed by atoms with Crippen LogP contribution in [-0.4, -0.2) is 59.5 Å². The molecule has 1 atom stereocenters. The van der Waals surface area contributed by atoms with Crippen LogP contribution in [0.15, 0.2) is 40.7 Å². The van der Waals surface area contributed by atoms with Crippen LogP contribution in [-0.2, 0) is 4.74 Å². The third-order valence-electron chi connectivity index (χ3n) is 4.68. The first-order chi connectivity index (χ1) is 13.7. The normalized spacial score (nSPS) is 18.4. The molecule has 2 bridgehead atoms. The molecule has 4 heterocycles. The predicted octanol–water partition coefficient (Wildman–Crippen LogP) is 2.23. The van der Waals surface area contributed by atoms with Crippen LogP contribution in [0, 0.1) is 0 Å². The minimum atomic E-state index is -0.282. The fourth-order valence-corrected chi connectivity index (χ4v) is 3.29. The molecule has 2 aromatic rings. The monoisotopic (exact) mass is 380 g/mol. The molecule has 0 unspecified atom stereocenters. The third-order valence-corrected chi connectivity index (χ3v) is 4.68. The molecule has 2 aromatic heterocycles. The van der Waals surface area contributed by atoms with Crippen molar-refractivity contribution in [2.45, 2.75) is 19.4 Å². The standard InChI is InChI=1S/C18H20N8O2/c1-12(28-2)21-11-22-15-4-3-14-17(23-15)26(13-5-8-25(14)10-13)18(27)24-16-9-19-6-7-20-16/h3-4,6-7,9,11,13H,5,8,10H2,1-2H3,(H,20,24,27)/t13-/m0/s1. The first-order valence-electron chi connectivity index (χ1n) is 8.89. The van der Waals surface area contributed by atoms with Gasteiger partial charge in [-0.25, -0.2) is 24.7 Å². The number of methoxy groups -OCH3 is 1. The van der Waals surface area contributed by atoms with Crippen molar-refractivity contribution in [3.63, 3.8) is 0 Å². The lowest BCUT2D eigenvalue weighted by atomic mass is 10.2. The summed E-state index contributed by atoms with van der Waals surface area (Å²) in [5.74, 6) is 1.94. The summed E-state index contributed by atoms with van der Waals surface area (Å²) in [5.41, 5.74) is 0.915. The molecule has 0 aliphatic carbocycles. The van der Waals surface area contributed by atoms with Crippen LogP contribution in [0.5, 0.6) is 0 Å². The fourth-order valence-electron chi connectivity index (χ4n) is 3.29. The SMILES string of the molecule is COC(C)=NC=Nc1ccc2c(n1)N(C(=O)Nc1cnccn1)[C@H]1CCN2C1. The van der Waals surface area contributed by atoms with E-state index >= 15 is 0 Å². The molecule has 10 heteroatoms. The van der Waals surface area contributed by atoms with Crippen LogP contribution in [0.25, 0.3) is 0 Å². The summed E-state index contributed by atoms with van der Waals surface area (Å²) < 4.78 is 4.98. The van der Waals surface area contributed by atoms with E-state index in [1.165, 1.54) is 18.7 Å².